The number of carbonyl (C=O) groups excluding carboxylic acids is 1. The summed E-state index contributed by atoms with van der Waals surface area (Å²) in [6.45, 7) is 6.36. The molecule has 0 saturated carbocycles. The van der Waals surface area contributed by atoms with Crippen molar-refractivity contribution in [1.29, 1.82) is 0 Å². The van der Waals surface area contributed by atoms with Gasteiger partial charge in [-0.3, -0.25) is 4.79 Å². The number of hydrogen-bond acceptors (Lipinski definition) is 4. The minimum atomic E-state index is -0.252. The Hall–Kier alpha value is -1.29. The Bertz CT molecular complexity index is 365. The van der Waals surface area contributed by atoms with Gasteiger partial charge in [0.1, 0.15) is 12.4 Å². The number of halogens is 1. The number of carbonyl (C=O) groups is 1. The number of aromatic nitrogens is 1. The number of rotatable bonds is 5. The van der Waals surface area contributed by atoms with Gasteiger partial charge in [-0.15, -0.1) is 0 Å². The summed E-state index contributed by atoms with van der Waals surface area (Å²) in [5.74, 6) is 0.468. The van der Waals surface area contributed by atoms with Crippen LogP contribution in [0.4, 0.5) is 5.82 Å². The van der Waals surface area contributed by atoms with Crippen molar-refractivity contribution in [2.75, 3.05) is 18.1 Å². The molecule has 0 aromatic carbocycles. The van der Waals surface area contributed by atoms with Gasteiger partial charge in [0.2, 0.25) is 0 Å². The molecule has 1 aromatic heterocycles. The number of nitrogens with zero attached hydrogens (tertiary/aromatic N) is 2. The van der Waals surface area contributed by atoms with E-state index >= 15 is 0 Å². The van der Waals surface area contributed by atoms with Crippen LogP contribution in [-0.4, -0.2) is 30.1 Å². The van der Waals surface area contributed by atoms with Crippen molar-refractivity contribution < 1.29 is 9.53 Å². The highest BCUT2D eigenvalue weighted by Crippen LogP contribution is 2.16. The standard InChI is InChI=1S/C12H17ClN2O2/c1-4-17-12(16)8-15(9(2)3)11-6-5-10(13)7-14-11/h5-7,9H,4,8H2,1-3H3. The second kappa shape index (κ2) is 6.45. The first-order valence-corrected chi connectivity index (χ1v) is 5.96. The van der Waals surface area contributed by atoms with Crippen LogP contribution in [0.5, 0.6) is 0 Å². The van der Waals surface area contributed by atoms with Crippen molar-refractivity contribution in [2.24, 2.45) is 0 Å². The van der Waals surface area contributed by atoms with Crippen LogP contribution in [0.2, 0.25) is 5.02 Å². The van der Waals surface area contributed by atoms with Crippen molar-refractivity contribution in [3.63, 3.8) is 0 Å². The maximum Gasteiger partial charge on any atom is 0.325 e. The zero-order valence-electron chi connectivity index (χ0n) is 10.3. The van der Waals surface area contributed by atoms with E-state index in [9.17, 15) is 4.79 Å². The Morgan fingerprint density at radius 2 is 2.24 bits per heavy atom. The van der Waals surface area contributed by atoms with Gasteiger partial charge >= 0.3 is 5.97 Å². The van der Waals surface area contributed by atoms with Crippen LogP contribution < -0.4 is 4.90 Å². The second-order valence-corrected chi connectivity index (χ2v) is 4.30. The van der Waals surface area contributed by atoms with Crippen molar-refractivity contribution in [3.05, 3.63) is 23.4 Å². The summed E-state index contributed by atoms with van der Waals surface area (Å²) in [7, 11) is 0. The van der Waals surface area contributed by atoms with Crippen LogP contribution in [0.15, 0.2) is 18.3 Å². The van der Waals surface area contributed by atoms with Gasteiger partial charge in [0, 0.05) is 12.2 Å². The molecule has 4 nitrogen and oxygen atoms in total. The van der Waals surface area contributed by atoms with E-state index in [1.54, 1.807) is 25.3 Å². The normalized spacial score (nSPS) is 10.4. The lowest BCUT2D eigenvalue weighted by atomic mass is 10.3. The molecule has 1 heterocycles. The number of hydrogen-bond donors (Lipinski definition) is 0. The first-order valence-electron chi connectivity index (χ1n) is 5.58. The minimum absolute atomic E-state index is 0.160. The topological polar surface area (TPSA) is 42.4 Å². The predicted molar refractivity (Wildman–Crippen MR) is 68.4 cm³/mol. The van der Waals surface area contributed by atoms with Gasteiger partial charge in [0.25, 0.3) is 0 Å². The molecule has 0 saturated heterocycles. The summed E-state index contributed by atoms with van der Waals surface area (Å²) in [6.07, 6.45) is 1.57. The van der Waals surface area contributed by atoms with Crippen LogP contribution in [0, 0.1) is 0 Å². The average Bonchev–Trinajstić information content (AvgIpc) is 2.27. The van der Waals surface area contributed by atoms with Gasteiger partial charge in [-0.05, 0) is 32.9 Å². The molecular formula is C12H17ClN2O2. The van der Waals surface area contributed by atoms with Crippen molar-refractivity contribution in [1.82, 2.24) is 4.98 Å². The molecule has 0 radical (unpaired) electrons. The van der Waals surface area contributed by atoms with Gasteiger partial charge in [0.15, 0.2) is 0 Å². The number of esters is 1. The molecule has 17 heavy (non-hydrogen) atoms. The molecule has 0 bridgehead atoms. The van der Waals surface area contributed by atoms with Crippen LogP contribution in [0.1, 0.15) is 20.8 Å². The number of ether oxygens (including phenoxy) is 1. The fraction of sp³-hybridized carbons (Fsp3) is 0.500. The summed E-state index contributed by atoms with van der Waals surface area (Å²) in [6, 6.07) is 3.71. The third kappa shape index (κ3) is 4.23. The van der Waals surface area contributed by atoms with Crippen LogP contribution in [-0.2, 0) is 9.53 Å². The summed E-state index contributed by atoms with van der Waals surface area (Å²) >= 11 is 5.78. The van der Waals surface area contributed by atoms with Crippen LogP contribution in [0.3, 0.4) is 0 Å². The molecule has 0 atom stereocenters. The largest absolute Gasteiger partial charge is 0.465 e. The molecule has 0 N–H and O–H groups in total. The maximum atomic E-state index is 11.5. The summed E-state index contributed by atoms with van der Waals surface area (Å²) in [4.78, 5) is 17.5. The molecule has 0 aliphatic rings. The summed E-state index contributed by atoms with van der Waals surface area (Å²) in [5, 5.41) is 0.577. The van der Waals surface area contributed by atoms with Crippen molar-refractivity contribution in [3.8, 4) is 0 Å². The molecule has 1 rings (SSSR count). The highest BCUT2D eigenvalue weighted by molar-refractivity contribution is 6.30. The zero-order chi connectivity index (χ0) is 12.8. The molecule has 0 aliphatic heterocycles. The molecule has 0 spiro atoms. The lowest BCUT2D eigenvalue weighted by molar-refractivity contribution is -0.141. The minimum Gasteiger partial charge on any atom is -0.465 e. The molecule has 94 valence electrons. The van der Waals surface area contributed by atoms with Crippen molar-refractivity contribution in [2.45, 2.75) is 26.8 Å². The molecule has 0 fully saturated rings. The first kappa shape index (κ1) is 13.8. The second-order valence-electron chi connectivity index (χ2n) is 3.86. The number of pyridine rings is 1. The van der Waals surface area contributed by atoms with Crippen LogP contribution >= 0.6 is 11.6 Å². The first-order chi connectivity index (χ1) is 8.04. The molecule has 5 heteroatoms. The fourth-order valence-electron chi connectivity index (χ4n) is 1.41. The SMILES string of the molecule is CCOC(=O)CN(c1ccc(Cl)cn1)C(C)C. The fourth-order valence-corrected chi connectivity index (χ4v) is 1.52. The van der Waals surface area contributed by atoms with Gasteiger partial charge in [0.05, 0.1) is 11.6 Å². The van der Waals surface area contributed by atoms with E-state index in [4.69, 9.17) is 16.3 Å². The Labute approximate surface area is 107 Å². The highest BCUT2D eigenvalue weighted by Gasteiger charge is 2.16. The molecule has 0 unspecified atom stereocenters. The van der Waals surface area contributed by atoms with E-state index in [0.717, 1.165) is 5.82 Å². The Kier molecular flexibility index (Phi) is 5.22. The third-order valence-electron chi connectivity index (χ3n) is 2.23. The maximum absolute atomic E-state index is 11.5. The third-order valence-corrected chi connectivity index (χ3v) is 2.46. The number of anilines is 1. The monoisotopic (exact) mass is 256 g/mol. The van der Waals surface area contributed by atoms with Crippen molar-refractivity contribution >= 4 is 23.4 Å². The Morgan fingerprint density at radius 3 is 2.71 bits per heavy atom. The average molecular weight is 257 g/mol. The van der Waals surface area contributed by atoms with E-state index < -0.39 is 0 Å². The lowest BCUT2D eigenvalue weighted by Crippen LogP contribution is -2.37. The quantitative estimate of drug-likeness (QED) is 0.760. The zero-order valence-corrected chi connectivity index (χ0v) is 11.1. The highest BCUT2D eigenvalue weighted by atomic mass is 35.5. The Morgan fingerprint density at radius 1 is 1.53 bits per heavy atom. The van der Waals surface area contributed by atoms with Gasteiger partial charge in [-0.1, -0.05) is 11.6 Å². The summed E-state index contributed by atoms with van der Waals surface area (Å²) < 4.78 is 4.93. The van der Waals surface area contributed by atoms with Gasteiger partial charge in [-0.25, -0.2) is 4.98 Å². The molecule has 0 amide bonds. The predicted octanol–water partition coefficient (Wildman–Crippen LogP) is 2.51. The van der Waals surface area contributed by atoms with Crippen LogP contribution in [0.25, 0.3) is 0 Å². The molecular weight excluding hydrogens is 240 g/mol. The molecule has 0 aliphatic carbocycles. The van der Waals surface area contributed by atoms with E-state index in [1.165, 1.54) is 0 Å². The lowest BCUT2D eigenvalue weighted by Gasteiger charge is -2.26. The van der Waals surface area contributed by atoms with Gasteiger partial charge < -0.3 is 9.64 Å². The Balaban J connectivity index is 2.79. The smallest absolute Gasteiger partial charge is 0.325 e. The van der Waals surface area contributed by atoms with E-state index in [0.29, 0.717) is 11.6 Å². The van der Waals surface area contributed by atoms with Gasteiger partial charge in [-0.2, -0.15) is 0 Å². The van der Waals surface area contributed by atoms with E-state index in [-0.39, 0.29) is 18.6 Å². The summed E-state index contributed by atoms with van der Waals surface area (Å²) in [5.41, 5.74) is 0. The van der Waals surface area contributed by atoms with E-state index in [1.807, 2.05) is 18.7 Å². The molecule has 1 aromatic rings. The van der Waals surface area contributed by atoms with E-state index in [2.05, 4.69) is 4.98 Å².